The number of aliphatic carboxylic acids is 1. The van der Waals surface area contributed by atoms with Crippen molar-refractivity contribution in [3.05, 3.63) is 59.7 Å². The second-order valence-electron chi connectivity index (χ2n) is 6.02. The highest BCUT2D eigenvalue weighted by Gasteiger charge is 2.34. The monoisotopic (exact) mass is 355 g/mol. The lowest BCUT2D eigenvalue weighted by Crippen LogP contribution is -2.50. The zero-order valence-electron chi connectivity index (χ0n) is 14.6. The Kier molecular flexibility index (Phi) is 5.41. The number of carboxylic acids is 1. The molecule has 6 heteroatoms. The molecule has 0 fully saturated rings. The highest BCUT2D eigenvalue weighted by atomic mass is 16.5. The van der Waals surface area contributed by atoms with E-state index in [4.69, 9.17) is 9.47 Å². The molecule has 2 aromatic carbocycles. The standard InChI is InChI=1S/C20H21NO5/c1-2-25-17-9-5-6-10-18(17)26-13-19(22)21-12-15-8-4-3-7-14(15)11-16(21)20(23)24/h3-10,16H,2,11-13H2,1H3,(H,23,24). The smallest absolute Gasteiger partial charge is 0.326 e. The molecule has 2 aromatic rings. The van der Waals surface area contributed by atoms with Crippen LogP contribution in [0.3, 0.4) is 0 Å². The van der Waals surface area contributed by atoms with Gasteiger partial charge in [0.2, 0.25) is 0 Å². The zero-order chi connectivity index (χ0) is 18.5. The van der Waals surface area contributed by atoms with Gasteiger partial charge in [0.25, 0.3) is 5.91 Å². The van der Waals surface area contributed by atoms with Gasteiger partial charge in [-0.1, -0.05) is 36.4 Å². The topological polar surface area (TPSA) is 76.1 Å². The van der Waals surface area contributed by atoms with Gasteiger partial charge in [0, 0.05) is 13.0 Å². The molecule has 0 saturated heterocycles. The minimum Gasteiger partial charge on any atom is -0.490 e. The maximum atomic E-state index is 12.7. The predicted molar refractivity (Wildman–Crippen MR) is 95.2 cm³/mol. The lowest BCUT2D eigenvalue weighted by atomic mass is 9.94. The molecule has 1 amide bonds. The van der Waals surface area contributed by atoms with Gasteiger partial charge in [-0.15, -0.1) is 0 Å². The van der Waals surface area contributed by atoms with Crippen LogP contribution in [0.2, 0.25) is 0 Å². The highest BCUT2D eigenvalue weighted by Crippen LogP contribution is 2.27. The number of nitrogens with zero attached hydrogens (tertiary/aromatic N) is 1. The van der Waals surface area contributed by atoms with E-state index in [1.807, 2.05) is 37.3 Å². The Morgan fingerprint density at radius 3 is 2.31 bits per heavy atom. The third-order valence-electron chi connectivity index (χ3n) is 4.35. The number of ether oxygens (including phenoxy) is 2. The Labute approximate surface area is 152 Å². The van der Waals surface area contributed by atoms with E-state index in [9.17, 15) is 14.7 Å². The van der Waals surface area contributed by atoms with Crippen molar-refractivity contribution < 1.29 is 24.2 Å². The maximum absolute atomic E-state index is 12.7. The summed E-state index contributed by atoms with van der Waals surface area (Å²) in [6.45, 7) is 2.38. The molecule has 0 bridgehead atoms. The first-order valence-corrected chi connectivity index (χ1v) is 8.53. The van der Waals surface area contributed by atoms with Crippen molar-refractivity contribution in [2.45, 2.75) is 25.9 Å². The first-order valence-electron chi connectivity index (χ1n) is 8.53. The van der Waals surface area contributed by atoms with Gasteiger partial charge in [0.05, 0.1) is 6.61 Å². The molecule has 1 unspecified atom stereocenters. The summed E-state index contributed by atoms with van der Waals surface area (Å²) in [6, 6.07) is 13.8. The molecule has 6 nitrogen and oxygen atoms in total. The molecule has 3 rings (SSSR count). The summed E-state index contributed by atoms with van der Waals surface area (Å²) in [5.74, 6) is -0.352. The van der Waals surface area contributed by atoms with Crippen LogP contribution in [0.1, 0.15) is 18.1 Å². The van der Waals surface area contributed by atoms with Gasteiger partial charge in [0.1, 0.15) is 6.04 Å². The largest absolute Gasteiger partial charge is 0.490 e. The van der Waals surface area contributed by atoms with Crippen LogP contribution < -0.4 is 9.47 Å². The minimum atomic E-state index is -1.01. The van der Waals surface area contributed by atoms with E-state index in [0.29, 0.717) is 24.5 Å². The summed E-state index contributed by atoms with van der Waals surface area (Å²) < 4.78 is 11.1. The van der Waals surface area contributed by atoms with E-state index >= 15 is 0 Å². The van der Waals surface area contributed by atoms with E-state index in [0.717, 1.165) is 11.1 Å². The Bertz CT molecular complexity index is 804. The minimum absolute atomic E-state index is 0.240. The normalized spacial score (nSPS) is 15.9. The SMILES string of the molecule is CCOc1ccccc1OCC(=O)N1Cc2ccccc2CC1C(=O)O. The third-order valence-corrected chi connectivity index (χ3v) is 4.35. The fourth-order valence-electron chi connectivity index (χ4n) is 3.07. The molecular formula is C20H21NO5. The molecule has 1 aliphatic heterocycles. The Morgan fingerprint density at radius 2 is 1.65 bits per heavy atom. The fraction of sp³-hybridized carbons (Fsp3) is 0.300. The van der Waals surface area contributed by atoms with Crippen LogP contribution in [0.25, 0.3) is 0 Å². The Balaban J connectivity index is 1.73. The molecule has 0 spiro atoms. The quantitative estimate of drug-likeness (QED) is 0.862. The highest BCUT2D eigenvalue weighted by molar-refractivity contribution is 5.85. The predicted octanol–water partition coefficient (Wildman–Crippen LogP) is 2.50. The van der Waals surface area contributed by atoms with Crippen molar-refractivity contribution in [2.24, 2.45) is 0 Å². The molecule has 1 aliphatic rings. The van der Waals surface area contributed by atoms with Crippen molar-refractivity contribution in [1.82, 2.24) is 4.90 Å². The summed E-state index contributed by atoms with van der Waals surface area (Å²) >= 11 is 0. The van der Waals surface area contributed by atoms with Crippen LogP contribution in [0.15, 0.2) is 48.5 Å². The first-order chi connectivity index (χ1) is 12.6. The van der Waals surface area contributed by atoms with Crippen LogP contribution in [0.5, 0.6) is 11.5 Å². The van der Waals surface area contributed by atoms with E-state index in [-0.39, 0.29) is 19.1 Å². The number of amides is 1. The fourth-order valence-corrected chi connectivity index (χ4v) is 3.07. The van der Waals surface area contributed by atoms with Gasteiger partial charge in [0.15, 0.2) is 18.1 Å². The number of hydrogen-bond acceptors (Lipinski definition) is 4. The van der Waals surface area contributed by atoms with E-state index in [1.165, 1.54) is 4.90 Å². The van der Waals surface area contributed by atoms with Gasteiger partial charge >= 0.3 is 5.97 Å². The maximum Gasteiger partial charge on any atom is 0.326 e. The van der Waals surface area contributed by atoms with Gasteiger partial charge in [-0.2, -0.15) is 0 Å². The molecule has 0 saturated carbocycles. The molecule has 26 heavy (non-hydrogen) atoms. The lowest BCUT2D eigenvalue weighted by Gasteiger charge is -2.34. The second kappa shape index (κ2) is 7.91. The average Bonchev–Trinajstić information content (AvgIpc) is 2.66. The van der Waals surface area contributed by atoms with Crippen LogP contribution >= 0.6 is 0 Å². The number of carboxylic acid groups (broad SMARTS) is 1. The van der Waals surface area contributed by atoms with E-state index in [1.54, 1.807) is 18.2 Å². The number of hydrogen-bond donors (Lipinski definition) is 1. The summed E-state index contributed by atoms with van der Waals surface area (Å²) in [6.07, 6.45) is 0.298. The second-order valence-corrected chi connectivity index (χ2v) is 6.02. The van der Waals surface area contributed by atoms with E-state index in [2.05, 4.69) is 0 Å². The molecule has 1 N–H and O–H groups in total. The van der Waals surface area contributed by atoms with Crippen molar-refractivity contribution in [2.75, 3.05) is 13.2 Å². The Hall–Kier alpha value is -3.02. The number of benzene rings is 2. The van der Waals surface area contributed by atoms with Crippen LogP contribution in [-0.2, 0) is 22.6 Å². The van der Waals surface area contributed by atoms with Gasteiger partial charge in [-0.05, 0) is 30.2 Å². The average molecular weight is 355 g/mol. The van der Waals surface area contributed by atoms with Crippen LogP contribution in [-0.4, -0.2) is 41.1 Å². The lowest BCUT2D eigenvalue weighted by molar-refractivity contribution is -0.152. The molecule has 136 valence electrons. The zero-order valence-corrected chi connectivity index (χ0v) is 14.6. The number of carbonyl (C=O) groups is 2. The Morgan fingerprint density at radius 1 is 1.04 bits per heavy atom. The van der Waals surface area contributed by atoms with Gasteiger partial charge in [-0.3, -0.25) is 4.79 Å². The number of fused-ring (bicyclic) bond motifs is 1. The number of carbonyl (C=O) groups excluding carboxylic acids is 1. The van der Waals surface area contributed by atoms with Crippen LogP contribution in [0.4, 0.5) is 0 Å². The van der Waals surface area contributed by atoms with Gasteiger partial charge in [-0.25, -0.2) is 4.79 Å². The number of rotatable bonds is 6. The van der Waals surface area contributed by atoms with Crippen molar-refractivity contribution in [3.63, 3.8) is 0 Å². The first kappa shape index (κ1) is 17.8. The van der Waals surface area contributed by atoms with Crippen molar-refractivity contribution in [3.8, 4) is 11.5 Å². The molecule has 1 heterocycles. The van der Waals surface area contributed by atoms with Crippen molar-refractivity contribution >= 4 is 11.9 Å². The summed E-state index contributed by atoms with van der Waals surface area (Å²) in [5.41, 5.74) is 1.93. The third kappa shape index (κ3) is 3.79. The van der Waals surface area contributed by atoms with Crippen LogP contribution in [0, 0.1) is 0 Å². The van der Waals surface area contributed by atoms with E-state index < -0.39 is 12.0 Å². The number of para-hydroxylation sites is 2. The summed E-state index contributed by atoms with van der Waals surface area (Å²) in [4.78, 5) is 25.7. The molecule has 0 aliphatic carbocycles. The summed E-state index contributed by atoms with van der Waals surface area (Å²) in [7, 11) is 0. The van der Waals surface area contributed by atoms with Crippen molar-refractivity contribution in [1.29, 1.82) is 0 Å². The summed E-state index contributed by atoms with van der Waals surface area (Å²) in [5, 5.41) is 9.53. The molecule has 0 aromatic heterocycles. The molecule has 0 radical (unpaired) electrons. The van der Waals surface area contributed by atoms with Gasteiger partial charge < -0.3 is 19.5 Å². The molecular weight excluding hydrogens is 334 g/mol. The molecule has 1 atom stereocenters.